The number of benzene rings is 1. The van der Waals surface area contributed by atoms with Gasteiger partial charge in [-0.05, 0) is 30.5 Å². The van der Waals surface area contributed by atoms with E-state index in [9.17, 15) is 22.8 Å². The summed E-state index contributed by atoms with van der Waals surface area (Å²) in [6.45, 7) is 0.0797. The number of hydrogen-bond donors (Lipinski definition) is 2. The van der Waals surface area contributed by atoms with Crippen LogP contribution in [0.25, 0.3) is 6.08 Å². The number of likely N-dealkylation sites (tertiary alicyclic amines) is 1. The van der Waals surface area contributed by atoms with Crippen LogP contribution < -0.4 is 5.48 Å². The Morgan fingerprint density at radius 2 is 1.83 bits per heavy atom. The Bertz CT molecular complexity index is 636. The van der Waals surface area contributed by atoms with Gasteiger partial charge in [-0.15, -0.1) is 0 Å². The van der Waals surface area contributed by atoms with Crippen molar-refractivity contribution in [1.82, 2.24) is 10.4 Å². The highest BCUT2D eigenvalue weighted by Gasteiger charge is 2.41. The predicted octanol–water partition coefficient (Wildman–Crippen LogP) is 2.62. The SMILES string of the molecule is O=C(C=Cc1ccccc1C(=O)N1CCC(C(F)(F)F)CC1)NO. The van der Waals surface area contributed by atoms with Crippen LogP contribution in [0.15, 0.2) is 30.3 Å². The number of nitrogens with one attached hydrogen (secondary N) is 1. The highest BCUT2D eigenvalue weighted by atomic mass is 19.4. The van der Waals surface area contributed by atoms with E-state index in [4.69, 9.17) is 5.21 Å². The highest BCUT2D eigenvalue weighted by molar-refractivity contribution is 5.99. The molecule has 0 unspecified atom stereocenters. The second-order valence-corrected chi connectivity index (χ2v) is 5.50. The third-order valence-electron chi connectivity index (χ3n) is 3.96. The number of rotatable bonds is 3. The minimum absolute atomic E-state index is 0.0399. The summed E-state index contributed by atoms with van der Waals surface area (Å²) in [5.41, 5.74) is 2.18. The van der Waals surface area contributed by atoms with Gasteiger partial charge in [-0.25, -0.2) is 5.48 Å². The van der Waals surface area contributed by atoms with Crippen LogP contribution in [0.1, 0.15) is 28.8 Å². The number of nitrogens with zero attached hydrogens (tertiary/aromatic N) is 1. The molecule has 0 radical (unpaired) electrons. The van der Waals surface area contributed by atoms with E-state index >= 15 is 0 Å². The molecule has 24 heavy (non-hydrogen) atoms. The lowest BCUT2D eigenvalue weighted by Crippen LogP contribution is -2.42. The van der Waals surface area contributed by atoms with Crippen LogP contribution in [0.2, 0.25) is 0 Å². The molecule has 1 aromatic carbocycles. The van der Waals surface area contributed by atoms with E-state index in [1.54, 1.807) is 24.3 Å². The fourth-order valence-corrected chi connectivity index (χ4v) is 2.62. The monoisotopic (exact) mass is 342 g/mol. The Morgan fingerprint density at radius 3 is 2.42 bits per heavy atom. The fraction of sp³-hybridized carbons (Fsp3) is 0.375. The smallest absolute Gasteiger partial charge is 0.339 e. The Labute approximate surface area is 136 Å². The van der Waals surface area contributed by atoms with Crippen molar-refractivity contribution in [3.63, 3.8) is 0 Å². The predicted molar refractivity (Wildman–Crippen MR) is 80.1 cm³/mol. The minimum Gasteiger partial charge on any atom is -0.339 e. The van der Waals surface area contributed by atoms with Crippen molar-refractivity contribution in [2.75, 3.05) is 13.1 Å². The van der Waals surface area contributed by atoms with Gasteiger partial charge in [-0.2, -0.15) is 13.2 Å². The van der Waals surface area contributed by atoms with Crippen LogP contribution in [0.3, 0.4) is 0 Å². The van der Waals surface area contributed by atoms with Gasteiger partial charge in [0.25, 0.3) is 11.8 Å². The molecule has 1 aromatic rings. The molecule has 2 amide bonds. The summed E-state index contributed by atoms with van der Waals surface area (Å²) in [7, 11) is 0. The van der Waals surface area contributed by atoms with Gasteiger partial charge < -0.3 is 4.90 Å². The molecule has 0 spiro atoms. The van der Waals surface area contributed by atoms with Crippen molar-refractivity contribution in [2.24, 2.45) is 5.92 Å². The maximum Gasteiger partial charge on any atom is 0.391 e. The first-order chi connectivity index (χ1) is 11.3. The molecule has 2 rings (SSSR count). The molecule has 1 aliphatic rings. The zero-order valence-electron chi connectivity index (χ0n) is 12.7. The van der Waals surface area contributed by atoms with Crippen molar-refractivity contribution in [3.05, 3.63) is 41.5 Å². The topological polar surface area (TPSA) is 69.6 Å². The lowest BCUT2D eigenvalue weighted by atomic mass is 9.95. The number of halogens is 3. The standard InChI is InChI=1S/C16H17F3N2O3/c17-16(18,19)12-7-9-21(10-8-12)15(23)13-4-2-1-3-11(13)5-6-14(22)20-24/h1-6,12,24H,7-10H2,(H,20,22). The van der Waals surface area contributed by atoms with Gasteiger partial charge in [0, 0.05) is 24.7 Å². The number of hydrogen-bond acceptors (Lipinski definition) is 3. The van der Waals surface area contributed by atoms with E-state index in [1.807, 2.05) is 0 Å². The van der Waals surface area contributed by atoms with E-state index in [1.165, 1.54) is 16.5 Å². The zero-order chi connectivity index (χ0) is 17.7. The maximum atomic E-state index is 12.7. The van der Waals surface area contributed by atoms with Crippen LogP contribution in [0, 0.1) is 5.92 Å². The number of amides is 2. The quantitative estimate of drug-likeness (QED) is 0.504. The number of hydroxylamine groups is 1. The van der Waals surface area contributed by atoms with Crippen LogP contribution in [-0.2, 0) is 4.79 Å². The van der Waals surface area contributed by atoms with Gasteiger partial charge in [-0.3, -0.25) is 14.8 Å². The van der Waals surface area contributed by atoms with Gasteiger partial charge in [0.15, 0.2) is 0 Å². The Balaban J connectivity index is 2.11. The second kappa shape index (κ2) is 7.48. The molecule has 1 saturated heterocycles. The maximum absolute atomic E-state index is 12.7. The number of carbonyl (C=O) groups is 2. The van der Waals surface area contributed by atoms with Crippen LogP contribution >= 0.6 is 0 Å². The summed E-state index contributed by atoms with van der Waals surface area (Å²) in [5.74, 6) is -2.49. The Hall–Kier alpha value is -2.35. The molecule has 0 aromatic heterocycles. The summed E-state index contributed by atoms with van der Waals surface area (Å²) < 4.78 is 38.1. The molecule has 5 nitrogen and oxygen atoms in total. The van der Waals surface area contributed by atoms with Gasteiger partial charge in [0.05, 0.1) is 5.92 Å². The summed E-state index contributed by atoms with van der Waals surface area (Å²) in [6, 6.07) is 6.47. The molecule has 130 valence electrons. The van der Waals surface area contributed by atoms with E-state index in [0.29, 0.717) is 11.1 Å². The molecular formula is C16H17F3N2O3. The minimum atomic E-state index is -4.23. The average molecular weight is 342 g/mol. The molecule has 1 fully saturated rings. The van der Waals surface area contributed by atoms with Gasteiger partial charge >= 0.3 is 6.18 Å². The third-order valence-corrected chi connectivity index (χ3v) is 3.96. The summed E-state index contributed by atoms with van der Waals surface area (Å²) in [5, 5.41) is 8.47. The molecule has 0 saturated carbocycles. The summed E-state index contributed by atoms with van der Waals surface area (Å²) in [4.78, 5) is 25.0. The Morgan fingerprint density at radius 1 is 1.21 bits per heavy atom. The molecule has 1 heterocycles. The van der Waals surface area contributed by atoms with E-state index in [-0.39, 0.29) is 31.8 Å². The summed E-state index contributed by atoms with van der Waals surface area (Å²) >= 11 is 0. The molecule has 0 aliphatic carbocycles. The van der Waals surface area contributed by atoms with Crippen LogP contribution in [-0.4, -0.2) is 41.2 Å². The molecule has 0 bridgehead atoms. The molecular weight excluding hydrogens is 325 g/mol. The van der Waals surface area contributed by atoms with E-state index in [2.05, 4.69) is 0 Å². The average Bonchev–Trinajstić information content (AvgIpc) is 2.58. The first-order valence-corrected chi connectivity index (χ1v) is 7.40. The van der Waals surface area contributed by atoms with Gasteiger partial charge in [0.1, 0.15) is 0 Å². The Kier molecular flexibility index (Phi) is 5.61. The van der Waals surface area contributed by atoms with Crippen molar-refractivity contribution in [2.45, 2.75) is 19.0 Å². The van der Waals surface area contributed by atoms with E-state index in [0.717, 1.165) is 6.08 Å². The normalized spacial score (nSPS) is 16.4. The lowest BCUT2D eigenvalue weighted by molar-refractivity contribution is -0.183. The van der Waals surface area contributed by atoms with E-state index < -0.39 is 18.0 Å². The van der Waals surface area contributed by atoms with Crippen molar-refractivity contribution in [3.8, 4) is 0 Å². The van der Waals surface area contributed by atoms with Crippen molar-refractivity contribution < 1.29 is 28.0 Å². The van der Waals surface area contributed by atoms with Gasteiger partial charge in [-0.1, -0.05) is 18.2 Å². The molecule has 0 atom stereocenters. The number of piperidine rings is 1. The molecule has 8 heteroatoms. The zero-order valence-corrected chi connectivity index (χ0v) is 12.7. The van der Waals surface area contributed by atoms with Crippen molar-refractivity contribution in [1.29, 1.82) is 0 Å². The van der Waals surface area contributed by atoms with Crippen molar-refractivity contribution >= 4 is 17.9 Å². The number of carbonyl (C=O) groups excluding carboxylic acids is 2. The summed E-state index contributed by atoms with van der Waals surface area (Å²) in [6.07, 6.45) is -2.03. The fourth-order valence-electron chi connectivity index (χ4n) is 2.62. The first-order valence-electron chi connectivity index (χ1n) is 7.40. The first kappa shape index (κ1) is 18.0. The van der Waals surface area contributed by atoms with Crippen LogP contribution in [0.4, 0.5) is 13.2 Å². The number of alkyl halides is 3. The third kappa shape index (κ3) is 4.35. The van der Waals surface area contributed by atoms with Crippen LogP contribution in [0.5, 0.6) is 0 Å². The molecule has 2 N–H and O–H groups in total. The highest BCUT2D eigenvalue weighted by Crippen LogP contribution is 2.34. The van der Waals surface area contributed by atoms with Gasteiger partial charge in [0.2, 0.25) is 0 Å². The lowest BCUT2D eigenvalue weighted by Gasteiger charge is -2.33. The second-order valence-electron chi connectivity index (χ2n) is 5.50. The molecule has 1 aliphatic heterocycles. The largest absolute Gasteiger partial charge is 0.391 e.